The SMILES string of the molecule is CCCCCCCCCCCCCCCCCCCCCCCCCCCCCCC(=O)OCC(COC(=O)CCCCCCCCCCCCC)OC(=O)CCCCCCCCCCCCCCCCCCCCCCCC. The predicted molar refractivity (Wildman–Crippen MR) is 344 cm³/mol. The third-order valence-electron chi connectivity index (χ3n) is 17.1. The fourth-order valence-corrected chi connectivity index (χ4v) is 11.6. The van der Waals surface area contributed by atoms with E-state index in [-0.39, 0.29) is 31.1 Å². The molecule has 0 rings (SSSR count). The molecular formula is C73H142O6. The van der Waals surface area contributed by atoms with Crippen LogP contribution in [0.5, 0.6) is 0 Å². The molecule has 0 aromatic heterocycles. The van der Waals surface area contributed by atoms with Gasteiger partial charge in [0.05, 0.1) is 0 Å². The van der Waals surface area contributed by atoms with Gasteiger partial charge < -0.3 is 14.2 Å². The minimum Gasteiger partial charge on any atom is -0.462 e. The first kappa shape index (κ1) is 77.4. The van der Waals surface area contributed by atoms with Crippen LogP contribution in [0.15, 0.2) is 0 Å². The Morgan fingerprint density at radius 2 is 0.342 bits per heavy atom. The second kappa shape index (κ2) is 68.9. The molecule has 0 saturated heterocycles. The van der Waals surface area contributed by atoms with Gasteiger partial charge in [-0.05, 0) is 19.3 Å². The number of esters is 3. The lowest BCUT2D eigenvalue weighted by Crippen LogP contribution is -2.30. The van der Waals surface area contributed by atoms with E-state index >= 15 is 0 Å². The van der Waals surface area contributed by atoms with Crippen molar-refractivity contribution in [1.29, 1.82) is 0 Å². The molecule has 0 aliphatic heterocycles. The monoisotopic (exact) mass is 1120 g/mol. The Morgan fingerprint density at radius 1 is 0.203 bits per heavy atom. The zero-order valence-electron chi connectivity index (χ0n) is 54.2. The summed E-state index contributed by atoms with van der Waals surface area (Å²) in [7, 11) is 0. The van der Waals surface area contributed by atoms with E-state index in [0.29, 0.717) is 19.3 Å². The van der Waals surface area contributed by atoms with Gasteiger partial charge in [0.1, 0.15) is 13.2 Å². The summed E-state index contributed by atoms with van der Waals surface area (Å²) in [5.74, 6) is -0.821. The molecular weight excluding hydrogens is 973 g/mol. The van der Waals surface area contributed by atoms with Crippen LogP contribution in [0.1, 0.15) is 432 Å². The second-order valence-electron chi connectivity index (χ2n) is 25.2. The van der Waals surface area contributed by atoms with Gasteiger partial charge in [0.25, 0.3) is 0 Å². The summed E-state index contributed by atoms with van der Waals surface area (Å²) >= 11 is 0. The van der Waals surface area contributed by atoms with Gasteiger partial charge in [-0.2, -0.15) is 0 Å². The highest BCUT2D eigenvalue weighted by Gasteiger charge is 2.20. The zero-order chi connectivity index (χ0) is 57.1. The fraction of sp³-hybridized carbons (Fsp3) is 0.959. The Hall–Kier alpha value is -1.59. The van der Waals surface area contributed by atoms with Crippen molar-refractivity contribution in [2.24, 2.45) is 0 Å². The van der Waals surface area contributed by atoms with E-state index in [2.05, 4.69) is 20.8 Å². The molecule has 0 bridgehead atoms. The van der Waals surface area contributed by atoms with Crippen LogP contribution in [0.3, 0.4) is 0 Å². The Balaban J connectivity index is 4.10. The first-order valence-corrected chi connectivity index (χ1v) is 36.5. The van der Waals surface area contributed by atoms with E-state index in [9.17, 15) is 14.4 Å². The van der Waals surface area contributed by atoms with Crippen molar-refractivity contribution < 1.29 is 28.6 Å². The maximum atomic E-state index is 12.9. The average Bonchev–Trinajstić information content (AvgIpc) is 3.45. The van der Waals surface area contributed by atoms with Crippen LogP contribution in [-0.4, -0.2) is 37.2 Å². The van der Waals surface area contributed by atoms with Crippen molar-refractivity contribution in [3.05, 3.63) is 0 Å². The van der Waals surface area contributed by atoms with E-state index < -0.39 is 6.10 Å². The van der Waals surface area contributed by atoms with Gasteiger partial charge in [0.15, 0.2) is 6.10 Å². The van der Waals surface area contributed by atoms with Crippen LogP contribution in [0.4, 0.5) is 0 Å². The van der Waals surface area contributed by atoms with Gasteiger partial charge in [-0.25, -0.2) is 0 Å². The molecule has 79 heavy (non-hydrogen) atoms. The standard InChI is InChI=1S/C73H142O6/c1-4-7-10-13-16-19-22-24-26-28-30-32-34-35-36-37-38-39-41-42-44-46-48-51-54-57-60-63-66-72(75)78-69-70(68-77-71(74)65-62-59-56-53-50-21-18-15-12-9-6-3)79-73(76)67-64-61-58-55-52-49-47-45-43-40-33-31-29-27-25-23-20-17-14-11-8-5-2/h70H,4-69H2,1-3H3. The van der Waals surface area contributed by atoms with Crippen LogP contribution in [0.2, 0.25) is 0 Å². The van der Waals surface area contributed by atoms with Crippen LogP contribution in [0.25, 0.3) is 0 Å². The van der Waals surface area contributed by atoms with Crippen molar-refractivity contribution in [3.8, 4) is 0 Å². The Bertz CT molecular complexity index is 1190. The molecule has 6 nitrogen and oxygen atoms in total. The summed E-state index contributed by atoms with van der Waals surface area (Å²) in [5, 5.41) is 0. The van der Waals surface area contributed by atoms with E-state index in [0.717, 1.165) is 57.8 Å². The van der Waals surface area contributed by atoms with Crippen LogP contribution >= 0.6 is 0 Å². The summed E-state index contributed by atoms with van der Waals surface area (Å²) in [6, 6.07) is 0. The molecule has 470 valence electrons. The average molecular weight is 1120 g/mol. The Kier molecular flexibility index (Phi) is 67.5. The molecule has 0 fully saturated rings. The number of rotatable bonds is 69. The van der Waals surface area contributed by atoms with E-state index in [1.54, 1.807) is 0 Å². The lowest BCUT2D eigenvalue weighted by atomic mass is 10.0. The molecule has 0 aromatic carbocycles. The molecule has 0 aliphatic rings. The van der Waals surface area contributed by atoms with Crippen molar-refractivity contribution in [2.75, 3.05) is 13.2 Å². The van der Waals surface area contributed by atoms with Gasteiger partial charge in [-0.15, -0.1) is 0 Å². The number of hydrogen-bond donors (Lipinski definition) is 0. The van der Waals surface area contributed by atoms with Crippen molar-refractivity contribution >= 4 is 17.9 Å². The number of ether oxygens (including phenoxy) is 3. The first-order chi connectivity index (χ1) is 39.0. The largest absolute Gasteiger partial charge is 0.462 e. The summed E-state index contributed by atoms with van der Waals surface area (Å²) in [5.41, 5.74) is 0. The molecule has 0 heterocycles. The van der Waals surface area contributed by atoms with Gasteiger partial charge in [-0.3, -0.25) is 14.4 Å². The van der Waals surface area contributed by atoms with Gasteiger partial charge in [0, 0.05) is 19.3 Å². The molecule has 0 N–H and O–H groups in total. The van der Waals surface area contributed by atoms with Crippen molar-refractivity contribution in [2.45, 2.75) is 438 Å². The Labute approximate surface area is 495 Å². The maximum absolute atomic E-state index is 12.9. The summed E-state index contributed by atoms with van der Waals surface area (Å²) in [6.07, 6.45) is 81.5. The van der Waals surface area contributed by atoms with Crippen LogP contribution in [0, 0.1) is 0 Å². The van der Waals surface area contributed by atoms with Crippen molar-refractivity contribution in [3.63, 3.8) is 0 Å². The summed E-state index contributed by atoms with van der Waals surface area (Å²) < 4.78 is 17.0. The lowest BCUT2D eigenvalue weighted by molar-refractivity contribution is -0.167. The third kappa shape index (κ3) is 67.1. The van der Waals surface area contributed by atoms with Gasteiger partial charge in [0.2, 0.25) is 0 Å². The molecule has 0 aliphatic carbocycles. The second-order valence-corrected chi connectivity index (χ2v) is 25.2. The minimum absolute atomic E-state index is 0.0603. The highest BCUT2D eigenvalue weighted by molar-refractivity contribution is 5.71. The molecule has 1 atom stereocenters. The highest BCUT2D eigenvalue weighted by atomic mass is 16.6. The zero-order valence-corrected chi connectivity index (χ0v) is 54.2. The van der Waals surface area contributed by atoms with Crippen molar-refractivity contribution in [1.82, 2.24) is 0 Å². The number of unbranched alkanes of at least 4 members (excludes halogenated alkanes) is 58. The van der Waals surface area contributed by atoms with E-state index in [4.69, 9.17) is 14.2 Å². The number of hydrogen-bond acceptors (Lipinski definition) is 6. The molecule has 0 aromatic rings. The van der Waals surface area contributed by atoms with Gasteiger partial charge in [-0.1, -0.05) is 393 Å². The first-order valence-electron chi connectivity index (χ1n) is 36.5. The molecule has 0 spiro atoms. The maximum Gasteiger partial charge on any atom is 0.306 e. The third-order valence-corrected chi connectivity index (χ3v) is 17.1. The highest BCUT2D eigenvalue weighted by Crippen LogP contribution is 2.20. The van der Waals surface area contributed by atoms with E-state index in [1.807, 2.05) is 0 Å². The number of carbonyl (C=O) groups is 3. The molecule has 0 amide bonds. The minimum atomic E-state index is -0.763. The van der Waals surface area contributed by atoms with Gasteiger partial charge >= 0.3 is 17.9 Å². The molecule has 1 unspecified atom stereocenters. The fourth-order valence-electron chi connectivity index (χ4n) is 11.6. The van der Waals surface area contributed by atoms with Crippen LogP contribution < -0.4 is 0 Å². The normalized spacial score (nSPS) is 11.9. The Morgan fingerprint density at radius 3 is 0.506 bits per heavy atom. The summed E-state index contributed by atoms with van der Waals surface area (Å²) in [4.78, 5) is 38.4. The number of carbonyl (C=O) groups excluding carboxylic acids is 3. The quantitative estimate of drug-likeness (QED) is 0.0343. The topological polar surface area (TPSA) is 78.9 Å². The molecule has 6 heteroatoms. The lowest BCUT2D eigenvalue weighted by Gasteiger charge is -2.18. The van der Waals surface area contributed by atoms with Crippen LogP contribution in [-0.2, 0) is 28.6 Å². The molecule has 0 radical (unpaired) electrons. The summed E-state index contributed by atoms with van der Waals surface area (Å²) in [6.45, 7) is 6.74. The van der Waals surface area contributed by atoms with E-state index in [1.165, 1.54) is 334 Å². The smallest absolute Gasteiger partial charge is 0.306 e. The molecule has 0 saturated carbocycles. The predicted octanol–water partition coefficient (Wildman–Crippen LogP) is 25.0.